The normalized spacial score (nSPS) is 15.2. The zero-order chi connectivity index (χ0) is 23.6. The molecule has 1 aliphatic rings. The Balaban J connectivity index is 1.50. The van der Waals surface area contributed by atoms with Crippen molar-refractivity contribution >= 4 is 11.7 Å². The van der Waals surface area contributed by atoms with Crippen LogP contribution in [0.15, 0.2) is 59.7 Å². The van der Waals surface area contributed by atoms with Crippen LogP contribution in [0.1, 0.15) is 29.4 Å². The van der Waals surface area contributed by atoms with E-state index in [1.54, 1.807) is 6.07 Å². The summed E-state index contributed by atoms with van der Waals surface area (Å²) >= 11 is 0. The Morgan fingerprint density at radius 3 is 2.76 bits per heavy atom. The summed E-state index contributed by atoms with van der Waals surface area (Å²) in [5, 5.41) is 16.6. The molecule has 1 aromatic carbocycles. The summed E-state index contributed by atoms with van der Waals surface area (Å²) in [6.07, 6.45) is 3.02. The Bertz CT molecular complexity index is 1250. The minimum Gasteiger partial charge on any atom is -0.618 e. The van der Waals surface area contributed by atoms with Crippen LogP contribution in [-0.2, 0) is 23.7 Å². The quantitative estimate of drug-likeness (QED) is 0.416. The van der Waals surface area contributed by atoms with Gasteiger partial charge in [-0.25, -0.2) is 9.37 Å². The second kappa shape index (κ2) is 8.93. The summed E-state index contributed by atoms with van der Waals surface area (Å²) in [6, 6.07) is 8.75. The summed E-state index contributed by atoms with van der Waals surface area (Å²) in [7, 11) is 0. The van der Waals surface area contributed by atoms with Gasteiger partial charge in [0, 0.05) is 36.1 Å². The lowest BCUT2D eigenvalue weighted by Gasteiger charge is -2.18. The third kappa shape index (κ3) is 4.52. The smallest absolute Gasteiger partial charge is 0.347 e. The number of amides is 1. The van der Waals surface area contributed by atoms with Crippen molar-refractivity contribution in [1.82, 2.24) is 14.9 Å². The molecule has 0 bridgehead atoms. The number of fused-ring (bicyclic) bond motifs is 1. The molecule has 172 valence electrons. The van der Waals surface area contributed by atoms with Crippen LogP contribution in [0.5, 0.6) is 0 Å². The standard InChI is InChI=1S/C22H20F3N5O3/c23-16-6-2-1-5-14(16)11-27-20(31)17-9-8-15-12-26-19(21(32)30(15)17)28-13-22(24,25)18-7-3-4-10-29(18)33/h1-7,10,12,17H,8-9,11,13H2,(H,26,28)(H,27,31)/t17-/m0/s1. The lowest BCUT2D eigenvalue weighted by atomic mass is 10.1. The van der Waals surface area contributed by atoms with Crippen LogP contribution in [0.25, 0.3) is 0 Å². The number of benzene rings is 1. The highest BCUT2D eigenvalue weighted by Gasteiger charge is 2.40. The fourth-order valence-electron chi connectivity index (χ4n) is 3.75. The van der Waals surface area contributed by atoms with Crippen LogP contribution >= 0.6 is 0 Å². The number of carbonyl (C=O) groups excluding carboxylic acids is 1. The number of carbonyl (C=O) groups is 1. The van der Waals surface area contributed by atoms with E-state index in [1.165, 1.54) is 41.1 Å². The number of alkyl halides is 2. The van der Waals surface area contributed by atoms with Gasteiger partial charge in [-0.3, -0.25) is 14.2 Å². The maximum atomic E-state index is 14.5. The third-order valence-corrected chi connectivity index (χ3v) is 5.45. The Morgan fingerprint density at radius 2 is 2.00 bits per heavy atom. The molecule has 3 aromatic rings. The zero-order valence-corrected chi connectivity index (χ0v) is 17.3. The van der Waals surface area contributed by atoms with Crippen LogP contribution in [-0.4, -0.2) is 22.0 Å². The molecule has 2 aromatic heterocycles. The fraction of sp³-hybridized carbons (Fsp3) is 0.273. The Labute approximate surface area is 186 Å². The number of nitrogens with zero attached hydrogens (tertiary/aromatic N) is 3. The molecule has 0 saturated carbocycles. The van der Waals surface area contributed by atoms with Gasteiger partial charge in [-0.2, -0.15) is 13.5 Å². The number of hydrogen-bond acceptors (Lipinski definition) is 5. The van der Waals surface area contributed by atoms with Crippen LogP contribution < -0.4 is 20.9 Å². The third-order valence-electron chi connectivity index (χ3n) is 5.45. The molecule has 33 heavy (non-hydrogen) atoms. The topological polar surface area (TPSA) is 103 Å². The monoisotopic (exact) mass is 459 g/mol. The van der Waals surface area contributed by atoms with Crippen LogP contribution in [0, 0.1) is 11.0 Å². The molecule has 0 saturated heterocycles. The molecule has 0 radical (unpaired) electrons. The van der Waals surface area contributed by atoms with E-state index < -0.39 is 41.5 Å². The summed E-state index contributed by atoms with van der Waals surface area (Å²) in [6.45, 7) is -1.09. The van der Waals surface area contributed by atoms with Gasteiger partial charge in [-0.05, 0) is 25.0 Å². The van der Waals surface area contributed by atoms with Gasteiger partial charge in [0.15, 0.2) is 12.0 Å². The predicted octanol–water partition coefficient (Wildman–Crippen LogP) is 2.02. The van der Waals surface area contributed by atoms with Crippen LogP contribution in [0.2, 0.25) is 0 Å². The van der Waals surface area contributed by atoms with Crippen molar-refractivity contribution in [2.45, 2.75) is 31.4 Å². The highest BCUT2D eigenvalue weighted by atomic mass is 19.3. The van der Waals surface area contributed by atoms with E-state index in [0.29, 0.717) is 24.1 Å². The van der Waals surface area contributed by atoms with Gasteiger partial charge in [-0.15, -0.1) is 0 Å². The Kier molecular flexibility index (Phi) is 6.03. The second-order valence-electron chi connectivity index (χ2n) is 7.61. The average Bonchev–Trinajstić information content (AvgIpc) is 3.23. The van der Waals surface area contributed by atoms with Gasteiger partial charge in [0.25, 0.3) is 11.3 Å². The van der Waals surface area contributed by atoms with E-state index in [9.17, 15) is 28.0 Å². The molecule has 2 N–H and O–H groups in total. The van der Waals surface area contributed by atoms with E-state index in [-0.39, 0.29) is 17.1 Å². The molecule has 1 atom stereocenters. The molecular weight excluding hydrogens is 439 g/mol. The minimum absolute atomic E-state index is 0.0548. The lowest BCUT2D eigenvalue weighted by molar-refractivity contribution is -0.624. The van der Waals surface area contributed by atoms with Gasteiger partial charge in [0.05, 0.1) is 6.54 Å². The molecule has 8 nitrogen and oxygen atoms in total. The van der Waals surface area contributed by atoms with Crippen LogP contribution in [0.4, 0.5) is 19.0 Å². The van der Waals surface area contributed by atoms with E-state index in [0.717, 1.165) is 12.3 Å². The number of nitrogens with one attached hydrogen (secondary N) is 2. The number of hydrogen-bond donors (Lipinski definition) is 2. The number of aryl methyl sites for hydroxylation is 1. The number of rotatable bonds is 7. The first kappa shape index (κ1) is 22.3. The summed E-state index contributed by atoms with van der Waals surface area (Å²) in [5.74, 6) is -4.88. The van der Waals surface area contributed by atoms with Crippen LogP contribution in [0.3, 0.4) is 0 Å². The number of anilines is 1. The molecule has 4 rings (SSSR count). The number of halogens is 3. The minimum atomic E-state index is -3.57. The summed E-state index contributed by atoms with van der Waals surface area (Å²) < 4.78 is 44.0. The van der Waals surface area contributed by atoms with Crippen molar-refractivity contribution < 1.29 is 22.7 Å². The first-order valence-corrected chi connectivity index (χ1v) is 10.2. The first-order valence-electron chi connectivity index (χ1n) is 10.2. The SMILES string of the molecule is O=C(NCc1ccccc1F)[C@@H]1CCc2cnc(NCC(F)(F)c3cccc[n+]3[O-])c(=O)n21. The van der Waals surface area contributed by atoms with Crippen molar-refractivity contribution in [3.8, 4) is 0 Å². The van der Waals surface area contributed by atoms with Gasteiger partial charge in [0.2, 0.25) is 5.91 Å². The molecular formula is C22H20F3N5O3. The Hall–Kier alpha value is -3.89. The van der Waals surface area contributed by atoms with E-state index in [1.807, 2.05) is 0 Å². The molecule has 0 unspecified atom stereocenters. The fourth-order valence-corrected chi connectivity index (χ4v) is 3.75. The number of pyridine rings is 1. The van der Waals surface area contributed by atoms with Crippen molar-refractivity contribution in [2.75, 3.05) is 11.9 Å². The number of aromatic nitrogens is 3. The van der Waals surface area contributed by atoms with Crippen molar-refractivity contribution in [3.05, 3.63) is 93.2 Å². The van der Waals surface area contributed by atoms with Gasteiger partial charge in [0.1, 0.15) is 11.9 Å². The van der Waals surface area contributed by atoms with Gasteiger partial charge in [-0.1, -0.05) is 18.2 Å². The highest BCUT2D eigenvalue weighted by molar-refractivity contribution is 5.81. The van der Waals surface area contributed by atoms with Gasteiger partial charge < -0.3 is 15.8 Å². The van der Waals surface area contributed by atoms with E-state index in [2.05, 4.69) is 15.6 Å². The van der Waals surface area contributed by atoms with Crippen molar-refractivity contribution in [3.63, 3.8) is 0 Å². The average molecular weight is 459 g/mol. The molecule has 1 aliphatic heterocycles. The molecule has 0 fully saturated rings. The zero-order valence-electron chi connectivity index (χ0n) is 17.3. The molecule has 3 heterocycles. The van der Waals surface area contributed by atoms with Crippen molar-refractivity contribution in [1.29, 1.82) is 0 Å². The molecule has 0 spiro atoms. The maximum Gasteiger partial charge on any atom is 0.347 e. The summed E-state index contributed by atoms with van der Waals surface area (Å²) in [4.78, 5) is 29.5. The highest BCUT2D eigenvalue weighted by Crippen LogP contribution is 2.26. The Morgan fingerprint density at radius 1 is 1.24 bits per heavy atom. The van der Waals surface area contributed by atoms with E-state index in [4.69, 9.17) is 0 Å². The maximum absolute atomic E-state index is 14.5. The lowest BCUT2D eigenvalue weighted by Crippen LogP contribution is -2.42. The van der Waals surface area contributed by atoms with Gasteiger partial charge >= 0.3 is 5.92 Å². The predicted molar refractivity (Wildman–Crippen MR) is 112 cm³/mol. The van der Waals surface area contributed by atoms with E-state index >= 15 is 0 Å². The largest absolute Gasteiger partial charge is 0.618 e. The molecule has 0 aliphatic carbocycles. The van der Waals surface area contributed by atoms with Crippen molar-refractivity contribution in [2.24, 2.45) is 0 Å². The second-order valence-corrected chi connectivity index (χ2v) is 7.61. The molecule has 1 amide bonds. The first-order chi connectivity index (χ1) is 15.8. The summed E-state index contributed by atoms with van der Waals surface area (Å²) in [5.41, 5.74) is -0.713. The molecule has 11 heteroatoms.